The number of benzene rings is 1. The minimum absolute atomic E-state index is 0.0990. The molecule has 0 saturated carbocycles. The predicted molar refractivity (Wildman–Crippen MR) is 115 cm³/mol. The number of nitrogens with zero attached hydrogens (tertiary/aromatic N) is 4. The molecule has 31 heavy (non-hydrogen) atoms. The molecule has 0 aliphatic rings. The maximum atomic E-state index is 13.0. The van der Waals surface area contributed by atoms with Gasteiger partial charge in [0.15, 0.2) is 5.76 Å². The zero-order valence-corrected chi connectivity index (χ0v) is 17.5. The Morgan fingerprint density at radius 2 is 1.97 bits per heavy atom. The summed E-state index contributed by atoms with van der Waals surface area (Å²) in [5, 5.41) is 12.0. The van der Waals surface area contributed by atoms with E-state index in [-0.39, 0.29) is 11.3 Å². The molecule has 158 valence electrons. The second-order valence-corrected chi connectivity index (χ2v) is 7.23. The fourth-order valence-electron chi connectivity index (χ4n) is 3.45. The number of anilines is 1. The van der Waals surface area contributed by atoms with Crippen LogP contribution in [0.5, 0.6) is 0 Å². The summed E-state index contributed by atoms with van der Waals surface area (Å²) in [4.78, 5) is 29.2. The van der Waals surface area contributed by atoms with Gasteiger partial charge in [-0.1, -0.05) is 30.3 Å². The predicted octanol–water partition coefficient (Wildman–Crippen LogP) is 3.00. The van der Waals surface area contributed by atoms with Crippen LogP contribution in [-0.2, 0) is 13.0 Å². The van der Waals surface area contributed by atoms with E-state index in [2.05, 4.69) is 20.6 Å². The van der Waals surface area contributed by atoms with Crippen LogP contribution in [0.15, 0.2) is 40.9 Å². The number of carbonyl (C=O) groups is 2. The lowest BCUT2D eigenvalue weighted by atomic mass is 10.1. The summed E-state index contributed by atoms with van der Waals surface area (Å²) in [6.07, 6.45) is 0.786. The van der Waals surface area contributed by atoms with Gasteiger partial charge in [-0.2, -0.15) is 5.10 Å². The number of aryl methyl sites for hydroxylation is 2. The highest BCUT2D eigenvalue weighted by Crippen LogP contribution is 2.23. The third-order valence-corrected chi connectivity index (χ3v) is 5.11. The van der Waals surface area contributed by atoms with Gasteiger partial charge in [0.05, 0.1) is 33.8 Å². The van der Waals surface area contributed by atoms with Crippen LogP contribution in [0.3, 0.4) is 0 Å². The number of amides is 2. The average molecular weight is 418 g/mol. The number of hydrogen-bond donors (Lipinski definition) is 2. The molecule has 0 aliphatic carbocycles. The first-order valence-electron chi connectivity index (χ1n) is 9.86. The first-order chi connectivity index (χ1) is 14.9. The van der Waals surface area contributed by atoms with Gasteiger partial charge in [0.25, 0.3) is 5.91 Å². The van der Waals surface area contributed by atoms with Gasteiger partial charge in [-0.3, -0.25) is 14.3 Å². The van der Waals surface area contributed by atoms with E-state index < -0.39 is 11.8 Å². The number of primary amides is 1. The number of carbonyl (C=O) groups excluding carboxylic acids is 2. The van der Waals surface area contributed by atoms with Crippen molar-refractivity contribution >= 4 is 28.4 Å². The van der Waals surface area contributed by atoms with E-state index in [1.807, 2.05) is 19.9 Å². The molecule has 0 spiro atoms. The molecule has 0 fully saturated rings. The summed E-state index contributed by atoms with van der Waals surface area (Å²) in [7, 11) is 0. The molecule has 4 aromatic rings. The minimum Gasteiger partial charge on any atom is -0.366 e. The van der Waals surface area contributed by atoms with Crippen LogP contribution in [-0.4, -0.2) is 31.7 Å². The summed E-state index contributed by atoms with van der Waals surface area (Å²) in [6.45, 7) is 6.06. The van der Waals surface area contributed by atoms with Crippen LogP contribution in [0.2, 0.25) is 0 Å². The van der Waals surface area contributed by atoms with E-state index in [1.165, 1.54) is 6.07 Å². The van der Waals surface area contributed by atoms with E-state index in [0.717, 1.165) is 17.8 Å². The number of pyridine rings is 1. The Balaban J connectivity index is 1.63. The molecule has 9 nitrogen and oxygen atoms in total. The highest BCUT2D eigenvalue weighted by atomic mass is 16.5. The highest BCUT2D eigenvalue weighted by Gasteiger charge is 2.19. The minimum atomic E-state index is -0.619. The highest BCUT2D eigenvalue weighted by molar-refractivity contribution is 6.10. The van der Waals surface area contributed by atoms with E-state index >= 15 is 0 Å². The Morgan fingerprint density at radius 3 is 2.68 bits per heavy atom. The largest absolute Gasteiger partial charge is 0.366 e. The van der Waals surface area contributed by atoms with Crippen molar-refractivity contribution in [2.75, 3.05) is 5.32 Å². The van der Waals surface area contributed by atoms with E-state index in [4.69, 9.17) is 10.3 Å². The standard InChI is InChI=1S/C22H22N6O3/c1-4-14-9-15(31-27-14)11-28-13(3)20(12(2)26-28)25-22(30)19-10-17(21(23)29)16-7-5-6-8-18(16)24-19/h5-10H,4,11H2,1-3H3,(H2,23,29)(H,25,30). The van der Waals surface area contributed by atoms with Gasteiger partial charge in [0.1, 0.15) is 12.2 Å². The summed E-state index contributed by atoms with van der Waals surface area (Å²) in [5.74, 6) is -0.388. The Labute approximate surface area is 178 Å². The number of para-hydroxylation sites is 1. The van der Waals surface area contributed by atoms with Gasteiger partial charge in [-0.25, -0.2) is 4.98 Å². The fourth-order valence-corrected chi connectivity index (χ4v) is 3.45. The topological polar surface area (TPSA) is 129 Å². The number of nitrogens with two attached hydrogens (primary N) is 1. The van der Waals surface area contributed by atoms with Gasteiger partial charge >= 0.3 is 0 Å². The van der Waals surface area contributed by atoms with Crippen LogP contribution in [0.25, 0.3) is 10.9 Å². The zero-order valence-electron chi connectivity index (χ0n) is 17.5. The van der Waals surface area contributed by atoms with Gasteiger partial charge in [0, 0.05) is 11.5 Å². The van der Waals surface area contributed by atoms with Crippen molar-refractivity contribution in [3.63, 3.8) is 0 Å². The van der Waals surface area contributed by atoms with Crippen molar-refractivity contribution in [3.8, 4) is 0 Å². The molecule has 9 heteroatoms. The second-order valence-electron chi connectivity index (χ2n) is 7.23. The maximum absolute atomic E-state index is 13.0. The van der Waals surface area contributed by atoms with Crippen molar-refractivity contribution in [2.45, 2.75) is 33.7 Å². The average Bonchev–Trinajstić information content (AvgIpc) is 3.32. The number of hydrogen-bond acceptors (Lipinski definition) is 6. The van der Waals surface area contributed by atoms with Crippen molar-refractivity contribution in [1.29, 1.82) is 0 Å². The molecule has 3 aromatic heterocycles. The van der Waals surface area contributed by atoms with E-state index in [9.17, 15) is 9.59 Å². The van der Waals surface area contributed by atoms with Gasteiger partial charge in [0.2, 0.25) is 5.91 Å². The first-order valence-corrected chi connectivity index (χ1v) is 9.86. The maximum Gasteiger partial charge on any atom is 0.274 e. The molecule has 2 amide bonds. The lowest BCUT2D eigenvalue weighted by Crippen LogP contribution is -2.18. The molecule has 3 heterocycles. The van der Waals surface area contributed by atoms with Gasteiger partial charge in [-0.05, 0) is 32.4 Å². The van der Waals surface area contributed by atoms with Crippen LogP contribution in [0.1, 0.15) is 50.6 Å². The molecule has 0 saturated heterocycles. The molecular formula is C22H22N6O3. The first kappa shape index (κ1) is 20.3. The summed E-state index contributed by atoms with van der Waals surface area (Å²) in [6, 6.07) is 10.3. The number of nitrogens with one attached hydrogen (secondary N) is 1. The van der Waals surface area contributed by atoms with E-state index in [0.29, 0.717) is 34.6 Å². The summed E-state index contributed by atoms with van der Waals surface area (Å²) >= 11 is 0. The van der Waals surface area contributed by atoms with E-state index in [1.54, 1.807) is 35.9 Å². The molecule has 3 N–H and O–H groups in total. The molecule has 0 unspecified atom stereocenters. The van der Waals surface area contributed by atoms with Crippen molar-refractivity contribution in [1.82, 2.24) is 19.9 Å². The van der Waals surface area contributed by atoms with Gasteiger partial charge < -0.3 is 15.6 Å². The lowest BCUT2D eigenvalue weighted by Gasteiger charge is -2.09. The molecular weight excluding hydrogens is 396 g/mol. The number of fused-ring (bicyclic) bond motifs is 1. The van der Waals surface area contributed by atoms with Crippen molar-refractivity contribution < 1.29 is 14.1 Å². The van der Waals surface area contributed by atoms with Crippen LogP contribution >= 0.6 is 0 Å². The van der Waals surface area contributed by atoms with Crippen LogP contribution in [0, 0.1) is 13.8 Å². The molecule has 1 aromatic carbocycles. The molecule has 4 rings (SSSR count). The number of rotatable bonds is 6. The molecule has 0 radical (unpaired) electrons. The zero-order chi connectivity index (χ0) is 22.1. The fraction of sp³-hybridized carbons (Fsp3) is 0.227. The molecule has 0 bridgehead atoms. The number of aromatic nitrogens is 4. The van der Waals surface area contributed by atoms with Crippen molar-refractivity contribution in [3.05, 3.63) is 70.5 Å². The Kier molecular flexibility index (Phi) is 5.24. The normalized spacial score (nSPS) is 11.1. The van der Waals surface area contributed by atoms with Crippen molar-refractivity contribution in [2.24, 2.45) is 5.73 Å². The summed E-state index contributed by atoms with van der Waals surface area (Å²) < 4.78 is 7.08. The van der Waals surface area contributed by atoms with Crippen LogP contribution < -0.4 is 11.1 Å². The second kappa shape index (κ2) is 8.02. The molecule has 0 aliphatic heterocycles. The third-order valence-electron chi connectivity index (χ3n) is 5.11. The van der Waals surface area contributed by atoms with Crippen LogP contribution in [0.4, 0.5) is 5.69 Å². The third kappa shape index (κ3) is 3.89. The Bertz CT molecular complexity index is 1300. The SMILES string of the molecule is CCc1cc(Cn2nc(C)c(NC(=O)c3cc(C(N)=O)c4ccccc4n3)c2C)on1. The smallest absolute Gasteiger partial charge is 0.274 e. The Morgan fingerprint density at radius 1 is 1.19 bits per heavy atom. The quantitative estimate of drug-likeness (QED) is 0.495. The summed E-state index contributed by atoms with van der Waals surface area (Å²) in [5.41, 5.74) is 9.24. The monoisotopic (exact) mass is 418 g/mol. The molecule has 0 atom stereocenters. The lowest BCUT2D eigenvalue weighted by molar-refractivity contribution is 0.100. The van der Waals surface area contributed by atoms with Gasteiger partial charge in [-0.15, -0.1) is 0 Å². The Hall–Kier alpha value is -4.01.